The molecule has 13 heavy (non-hydrogen) atoms. The number of amides is 1. The molecule has 1 amide bonds. The minimum Gasteiger partial charge on any atom is -0.333 e. The molecule has 1 N–H and O–H groups in total. The van der Waals surface area contributed by atoms with Crippen LogP contribution in [0, 0.1) is 0 Å². The lowest BCUT2D eigenvalue weighted by Gasteiger charge is -2.34. The van der Waals surface area contributed by atoms with Crippen LogP contribution in [0.3, 0.4) is 0 Å². The molecular weight excluding hydrogens is 164 g/mol. The van der Waals surface area contributed by atoms with E-state index in [0.717, 1.165) is 17.3 Å². The van der Waals surface area contributed by atoms with Crippen molar-refractivity contribution < 1.29 is 9.28 Å². The second-order valence-corrected chi connectivity index (χ2v) is 4.52. The number of nitrogens with one attached hydrogen (secondary N) is 1. The van der Waals surface area contributed by atoms with Crippen molar-refractivity contribution in [3.05, 3.63) is 12.3 Å². The van der Waals surface area contributed by atoms with Gasteiger partial charge in [-0.1, -0.05) is 6.08 Å². The lowest BCUT2D eigenvalue weighted by molar-refractivity contribution is -0.895. The van der Waals surface area contributed by atoms with Crippen LogP contribution in [0.25, 0.3) is 0 Å². The number of carbonyl (C=O) groups is 1. The van der Waals surface area contributed by atoms with Crippen molar-refractivity contribution in [2.24, 2.45) is 0 Å². The topological polar surface area (TPSA) is 29.1 Å². The van der Waals surface area contributed by atoms with Gasteiger partial charge in [-0.05, 0) is 12.6 Å². The molecule has 3 nitrogen and oxygen atoms in total. The molecular formula is C10H19N2O+. The summed E-state index contributed by atoms with van der Waals surface area (Å²) in [4.78, 5) is 11.3. The summed E-state index contributed by atoms with van der Waals surface area (Å²) in [5.41, 5.74) is 0. The van der Waals surface area contributed by atoms with Gasteiger partial charge >= 0.3 is 0 Å². The molecule has 0 radical (unpaired) electrons. The molecule has 0 fully saturated rings. The van der Waals surface area contributed by atoms with E-state index in [2.05, 4.69) is 26.5 Å². The summed E-state index contributed by atoms with van der Waals surface area (Å²) in [5.74, 6) is 0.133. The molecule has 3 heteroatoms. The predicted octanol–water partition coefficient (Wildman–Crippen LogP) is 0.875. The SMILES string of the molecule is C[N+](C)(C)C1CC/C=C\NC(=O)C1. The van der Waals surface area contributed by atoms with E-state index in [1.807, 2.05) is 6.08 Å². The first-order chi connectivity index (χ1) is 6.00. The number of hydrogen-bond acceptors (Lipinski definition) is 1. The molecule has 0 spiro atoms. The molecule has 74 valence electrons. The van der Waals surface area contributed by atoms with Gasteiger partial charge in [-0.25, -0.2) is 0 Å². The normalized spacial score (nSPS) is 27.3. The molecule has 0 aromatic rings. The zero-order valence-corrected chi connectivity index (χ0v) is 8.71. The molecule has 0 aromatic carbocycles. The van der Waals surface area contributed by atoms with Gasteiger partial charge < -0.3 is 9.80 Å². The van der Waals surface area contributed by atoms with Crippen molar-refractivity contribution in [1.29, 1.82) is 0 Å². The first kappa shape index (κ1) is 10.3. The molecule has 1 unspecified atom stereocenters. The Morgan fingerprint density at radius 1 is 1.46 bits per heavy atom. The number of carbonyl (C=O) groups excluding carboxylic acids is 1. The Balaban J connectivity index is 2.65. The summed E-state index contributed by atoms with van der Waals surface area (Å²) < 4.78 is 0.862. The summed E-state index contributed by atoms with van der Waals surface area (Å²) in [7, 11) is 6.43. The number of quaternary nitrogens is 1. The first-order valence-corrected chi connectivity index (χ1v) is 4.75. The highest BCUT2D eigenvalue weighted by Gasteiger charge is 2.26. The van der Waals surface area contributed by atoms with Crippen LogP contribution in [-0.4, -0.2) is 37.6 Å². The second kappa shape index (κ2) is 3.92. The standard InChI is InChI=1S/C10H18N2O/c1-12(2,3)9-6-4-5-7-11-10(13)8-9/h5,7,9H,4,6,8H2,1-3H3/p+1/b7-5-. The third kappa shape index (κ3) is 3.19. The number of rotatable bonds is 1. The van der Waals surface area contributed by atoms with Gasteiger partial charge in [0.1, 0.15) is 0 Å². The lowest BCUT2D eigenvalue weighted by Crippen LogP contribution is -2.47. The second-order valence-electron chi connectivity index (χ2n) is 4.52. The Morgan fingerprint density at radius 2 is 2.15 bits per heavy atom. The fraction of sp³-hybridized carbons (Fsp3) is 0.700. The molecule has 0 aromatic heterocycles. The van der Waals surface area contributed by atoms with E-state index in [-0.39, 0.29) is 5.91 Å². The van der Waals surface area contributed by atoms with Crippen LogP contribution < -0.4 is 5.32 Å². The van der Waals surface area contributed by atoms with Crippen molar-refractivity contribution in [3.8, 4) is 0 Å². The van der Waals surface area contributed by atoms with Gasteiger partial charge in [-0.2, -0.15) is 0 Å². The van der Waals surface area contributed by atoms with Gasteiger partial charge in [0, 0.05) is 6.42 Å². The van der Waals surface area contributed by atoms with E-state index in [1.54, 1.807) is 6.20 Å². The van der Waals surface area contributed by atoms with Gasteiger partial charge in [0.25, 0.3) is 0 Å². The monoisotopic (exact) mass is 183 g/mol. The Labute approximate surface area is 80.0 Å². The quantitative estimate of drug-likeness (QED) is 0.601. The predicted molar refractivity (Wildman–Crippen MR) is 53.0 cm³/mol. The molecule has 0 saturated carbocycles. The van der Waals surface area contributed by atoms with Gasteiger partial charge in [0.15, 0.2) is 0 Å². The molecule has 0 saturated heterocycles. The van der Waals surface area contributed by atoms with Crippen molar-refractivity contribution in [2.45, 2.75) is 25.3 Å². The fourth-order valence-corrected chi connectivity index (χ4v) is 1.56. The molecule has 1 aliphatic heterocycles. The van der Waals surface area contributed by atoms with Crippen LogP contribution in [0.15, 0.2) is 12.3 Å². The first-order valence-electron chi connectivity index (χ1n) is 4.75. The van der Waals surface area contributed by atoms with Crippen LogP contribution in [-0.2, 0) is 4.79 Å². The maximum Gasteiger partial charge on any atom is 0.229 e. The van der Waals surface area contributed by atoms with Gasteiger partial charge in [0.05, 0.1) is 33.6 Å². The molecule has 1 atom stereocenters. The average molecular weight is 183 g/mol. The van der Waals surface area contributed by atoms with E-state index in [4.69, 9.17) is 0 Å². The molecule has 0 bridgehead atoms. The smallest absolute Gasteiger partial charge is 0.229 e. The largest absolute Gasteiger partial charge is 0.333 e. The molecule has 1 aliphatic rings. The van der Waals surface area contributed by atoms with E-state index in [1.165, 1.54) is 0 Å². The lowest BCUT2D eigenvalue weighted by atomic mass is 10.0. The van der Waals surface area contributed by atoms with Crippen molar-refractivity contribution >= 4 is 5.91 Å². The minimum absolute atomic E-state index is 0.133. The van der Waals surface area contributed by atoms with Crippen LogP contribution in [0.4, 0.5) is 0 Å². The van der Waals surface area contributed by atoms with E-state index < -0.39 is 0 Å². The fourth-order valence-electron chi connectivity index (χ4n) is 1.56. The van der Waals surface area contributed by atoms with E-state index >= 15 is 0 Å². The molecule has 1 rings (SSSR count). The van der Waals surface area contributed by atoms with E-state index in [0.29, 0.717) is 12.5 Å². The van der Waals surface area contributed by atoms with Gasteiger partial charge in [0.2, 0.25) is 5.91 Å². The summed E-state index contributed by atoms with van der Waals surface area (Å²) in [6, 6.07) is 0.435. The molecule has 1 heterocycles. The zero-order chi connectivity index (χ0) is 9.90. The highest BCUT2D eigenvalue weighted by atomic mass is 16.1. The van der Waals surface area contributed by atoms with Crippen LogP contribution in [0.5, 0.6) is 0 Å². The van der Waals surface area contributed by atoms with Gasteiger partial charge in [-0.3, -0.25) is 4.79 Å². The third-order valence-electron chi connectivity index (χ3n) is 2.55. The maximum absolute atomic E-state index is 11.3. The van der Waals surface area contributed by atoms with Crippen LogP contribution in [0.1, 0.15) is 19.3 Å². The number of nitrogens with zero attached hydrogens (tertiary/aromatic N) is 1. The van der Waals surface area contributed by atoms with Crippen molar-refractivity contribution in [2.75, 3.05) is 21.1 Å². The summed E-state index contributed by atoms with van der Waals surface area (Å²) in [6.45, 7) is 0. The highest BCUT2D eigenvalue weighted by molar-refractivity contribution is 5.77. The zero-order valence-electron chi connectivity index (χ0n) is 8.71. The summed E-state index contributed by atoms with van der Waals surface area (Å²) in [5, 5.41) is 2.76. The Hall–Kier alpha value is -0.830. The minimum atomic E-state index is 0.133. The number of allylic oxidation sites excluding steroid dienone is 1. The Morgan fingerprint density at radius 3 is 2.77 bits per heavy atom. The van der Waals surface area contributed by atoms with Crippen molar-refractivity contribution in [3.63, 3.8) is 0 Å². The Kier molecular flexibility index (Phi) is 3.09. The van der Waals surface area contributed by atoms with Crippen LogP contribution >= 0.6 is 0 Å². The number of hydrogen-bond donors (Lipinski definition) is 1. The van der Waals surface area contributed by atoms with Crippen molar-refractivity contribution in [1.82, 2.24) is 5.32 Å². The summed E-state index contributed by atoms with van der Waals surface area (Å²) in [6.07, 6.45) is 6.57. The summed E-state index contributed by atoms with van der Waals surface area (Å²) >= 11 is 0. The Bertz CT molecular complexity index is 215. The van der Waals surface area contributed by atoms with E-state index in [9.17, 15) is 4.79 Å². The average Bonchev–Trinajstić information content (AvgIpc) is 1.94. The highest BCUT2D eigenvalue weighted by Crippen LogP contribution is 2.15. The third-order valence-corrected chi connectivity index (χ3v) is 2.55. The van der Waals surface area contributed by atoms with Gasteiger partial charge in [-0.15, -0.1) is 0 Å². The molecule has 0 aliphatic carbocycles. The maximum atomic E-state index is 11.3. The van der Waals surface area contributed by atoms with Crippen LogP contribution in [0.2, 0.25) is 0 Å².